The van der Waals surface area contributed by atoms with E-state index >= 15 is 0 Å². The maximum absolute atomic E-state index is 12.8. The van der Waals surface area contributed by atoms with Crippen molar-refractivity contribution in [2.75, 3.05) is 6.54 Å². The topological polar surface area (TPSA) is 32.3 Å². The van der Waals surface area contributed by atoms with E-state index in [1.165, 1.54) is 25.0 Å². The van der Waals surface area contributed by atoms with Gasteiger partial charge in [-0.05, 0) is 43.0 Å². The van der Waals surface area contributed by atoms with Gasteiger partial charge in [-0.1, -0.05) is 6.07 Å². The Balaban J connectivity index is 1.99. The number of aryl methyl sites for hydroxylation is 1. The summed E-state index contributed by atoms with van der Waals surface area (Å²) in [7, 11) is 0. The van der Waals surface area contributed by atoms with E-state index in [1.807, 2.05) is 6.92 Å². The largest absolute Gasteiger partial charge is 0.387 e. The molecule has 2 nitrogen and oxygen atoms in total. The van der Waals surface area contributed by atoms with Crippen molar-refractivity contribution in [1.82, 2.24) is 5.32 Å². The number of aliphatic hydroxyl groups is 1. The summed E-state index contributed by atoms with van der Waals surface area (Å²) in [6.45, 7) is 2.37. The Morgan fingerprint density at radius 1 is 1.53 bits per heavy atom. The Hall–Kier alpha value is -0.930. The van der Waals surface area contributed by atoms with E-state index in [1.54, 1.807) is 6.07 Å². The third-order valence-corrected chi connectivity index (χ3v) is 2.77. The second-order valence-electron chi connectivity index (χ2n) is 4.20. The number of nitrogens with one attached hydrogen (secondary N) is 1. The molecule has 15 heavy (non-hydrogen) atoms. The van der Waals surface area contributed by atoms with Crippen molar-refractivity contribution in [3.63, 3.8) is 0 Å². The van der Waals surface area contributed by atoms with Crippen LogP contribution in [0.3, 0.4) is 0 Å². The summed E-state index contributed by atoms with van der Waals surface area (Å²) in [5.74, 6) is -0.251. The Morgan fingerprint density at radius 2 is 2.27 bits per heavy atom. The highest BCUT2D eigenvalue weighted by atomic mass is 19.1. The molecule has 1 aromatic carbocycles. The van der Waals surface area contributed by atoms with Crippen LogP contribution in [0.15, 0.2) is 18.2 Å². The molecule has 1 atom stereocenters. The summed E-state index contributed by atoms with van der Waals surface area (Å²) >= 11 is 0. The second kappa shape index (κ2) is 4.29. The molecule has 1 aliphatic rings. The Labute approximate surface area is 89.1 Å². The van der Waals surface area contributed by atoms with Crippen LogP contribution in [0, 0.1) is 12.7 Å². The van der Waals surface area contributed by atoms with E-state index in [0.717, 1.165) is 11.1 Å². The average Bonchev–Trinajstić information content (AvgIpc) is 2.97. The summed E-state index contributed by atoms with van der Waals surface area (Å²) < 4.78 is 12.8. The molecule has 0 amide bonds. The maximum Gasteiger partial charge on any atom is 0.123 e. The Kier molecular flexibility index (Phi) is 3.03. The predicted molar refractivity (Wildman–Crippen MR) is 57.1 cm³/mol. The predicted octanol–water partition coefficient (Wildman–Crippen LogP) is 1.92. The minimum absolute atomic E-state index is 0.251. The molecule has 2 N–H and O–H groups in total. The van der Waals surface area contributed by atoms with Crippen LogP contribution in [-0.4, -0.2) is 17.7 Å². The zero-order chi connectivity index (χ0) is 10.8. The number of rotatable bonds is 4. The van der Waals surface area contributed by atoms with Crippen molar-refractivity contribution < 1.29 is 9.50 Å². The summed E-state index contributed by atoms with van der Waals surface area (Å²) in [5.41, 5.74) is 1.62. The molecular weight excluding hydrogens is 193 g/mol. The lowest BCUT2D eigenvalue weighted by Gasteiger charge is -2.14. The van der Waals surface area contributed by atoms with Gasteiger partial charge in [0.25, 0.3) is 0 Å². The van der Waals surface area contributed by atoms with Gasteiger partial charge in [0, 0.05) is 12.6 Å². The molecule has 0 bridgehead atoms. The first kappa shape index (κ1) is 10.6. The smallest absolute Gasteiger partial charge is 0.123 e. The van der Waals surface area contributed by atoms with Crippen LogP contribution < -0.4 is 5.32 Å². The highest BCUT2D eigenvalue weighted by Crippen LogP contribution is 2.22. The Bertz CT molecular complexity index is 349. The fourth-order valence-electron chi connectivity index (χ4n) is 1.69. The molecule has 0 radical (unpaired) electrons. The zero-order valence-electron chi connectivity index (χ0n) is 8.83. The normalized spacial score (nSPS) is 17.8. The van der Waals surface area contributed by atoms with E-state index in [0.29, 0.717) is 12.6 Å². The number of hydrogen-bond acceptors (Lipinski definition) is 2. The van der Waals surface area contributed by atoms with E-state index < -0.39 is 6.10 Å². The molecule has 1 aliphatic carbocycles. The highest BCUT2D eigenvalue weighted by Gasteiger charge is 2.22. The van der Waals surface area contributed by atoms with Crippen LogP contribution >= 0.6 is 0 Å². The van der Waals surface area contributed by atoms with Crippen LogP contribution in [0.2, 0.25) is 0 Å². The standard InChI is InChI=1S/C12H16FNO/c1-8-6-9(13)2-5-11(8)12(15)7-14-10-3-4-10/h2,5-6,10,12,14-15H,3-4,7H2,1H3. The third kappa shape index (κ3) is 2.76. The van der Waals surface area contributed by atoms with Gasteiger partial charge in [0.2, 0.25) is 0 Å². The molecule has 1 aromatic rings. The molecule has 3 heteroatoms. The van der Waals surface area contributed by atoms with Gasteiger partial charge in [0.1, 0.15) is 5.82 Å². The van der Waals surface area contributed by atoms with Crippen molar-refractivity contribution in [2.45, 2.75) is 31.9 Å². The fourth-order valence-corrected chi connectivity index (χ4v) is 1.69. The van der Waals surface area contributed by atoms with Crippen molar-refractivity contribution in [3.8, 4) is 0 Å². The molecule has 82 valence electrons. The van der Waals surface area contributed by atoms with Crippen molar-refractivity contribution in [1.29, 1.82) is 0 Å². The lowest BCUT2D eigenvalue weighted by Crippen LogP contribution is -2.23. The molecule has 1 unspecified atom stereocenters. The molecule has 1 saturated carbocycles. The van der Waals surface area contributed by atoms with Crippen LogP contribution in [0.4, 0.5) is 4.39 Å². The quantitative estimate of drug-likeness (QED) is 0.794. The number of hydrogen-bond donors (Lipinski definition) is 2. The Morgan fingerprint density at radius 3 is 2.87 bits per heavy atom. The number of halogens is 1. The number of benzene rings is 1. The van der Waals surface area contributed by atoms with E-state index in [9.17, 15) is 9.50 Å². The summed E-state index contributed by atoms with van der Waals surface area (Å²) in [6, 6.07) is 5.09. The molecule has 0 aromatic heterocycles. The zero-order valence-corrected chi connectivity index (χ0v) is 8.83. The van der Waals surface area contributed by atoms with Crippen molar-refractivity contribution in [2.24, 2.45) is 0 Å². The van der Waals surface area contributed by atoms with Gasteiger partial charge in [0.05, 0.1) is 6.10 Å². The van der Waals surface area contributed by atoms with Gasteiger partial charge < -0.3 is 10.4 Å². The molecule has 0 heterocycles. The van der Waals surface area contributed by atoms with Gasteiger partial charge in [-0.3, -0.25) is 0 Å². The molecule has 0 aliphatic heterocycles. The van der Waals surface area contributed by atoms with E-state index in [4.69, 9.17) is 0 Å². The molecule has 1 fully saturated rings. The van der Waals surface area contributed by atoms with Crippen molar-refractivity contribution in [3.05, 3.63) is 35.1 Å². The van der Waals surface area contributed by atoms with Gasteiger partial charge in [0.15, 0.2) is 0 Å². The minimum Gasteiger partial charge on any atom is -0.387 e. The highest BCUT2D eigenvalue weighted by molar-refractivity contribution is 5.28. The maximum atomic E-state index is 12.8. The van der Waals surface area contributed by atoms with Crippen LogP contribution in [0.25, 0.3) is 0 Å². The molecular formula is C12H16FNO. The monoisotopic (exact) mass is 209 g/mol. The average molecular weight is 209 g/mol. The van der Waals surface area contributed by atoms with Crippen LogP contribution in [0.5, 0.6) is 0 Å². The van der Waals surface area contributed by atoms with Gasteiger partial charge in [-0.2, -0.15) is 0 Å². The lowest BCUT2D eigenvalue weighted by molar-refractivity contribution is 0.173. The van der Waals surface area contributed by atoms with Gasteiger partial charge in [-0.25, -0.2) is 4.39 Å². The first-order valence-corrected chi connectivity index (χ1v) is 5.34. The summed E-state index contributed by atoms with van der Waals surface area (Å²) in [6.07, 6.45) is 1.87. The fraction of sp³-hybridized carbons (Fsp3) is 0.500. The lowest BCUT2D eigenvalue weighted by atomic mass is 10.0. The molecule has 0 saturated heterocycles. The second-order valence-corrected chi connectivity index (χ2v) is 4.20. The SMILES string of the molecule is Cc1cc(F)ccc1C(O)CNC1CC1. The van der Waals surface area contributed by atoms with Crippen LogP contribution in [0.1, 0.15) is 30.1 Å². The van der Waals surface area contributed by atoms with Gasteiger partial charge >= 0.3 is 0 Å². The first-order chi connectivity index (χ1) is 7.16. The van der Waals surface area contributed by atoms with E-state index in [-0.39, 0.29) is 5.82 Å². The van der Waals surface area contributed by atoms with E-state index in [2.05, 4.69) is 5.32 Å². The number of aliphatic hydroxyl groups excluding tert-OH is 1. The molecule has 0 spiro atoms. The summed E-state index contributed by atoms with van der Waals surface area (Å²) in [4.78, 5) is 0. The van der Waals surface area contributed by atoms with Crippen LogP contribution in [-0.2, 0) is 0 Å². The third-order valence-electron chi connectivity index (χ3n) is 2.77. The molecule has 2 rings (SSSR count). The van der Waals surface area contributed by atoms with Crippen molar-refractivity contribution >= 4 is 0 Å². The first-order valence-electron chi connectivity index (χ1n) is 5.34. The van der Waals surface area contributed by atoms with Gasteiger partial charge in [-0.15, -0.1) is 0 Å². The minimum atomic E-state index is -0.536. The summed E-state index contributed by atoms with van der Waals surface area (Å²) in [5, 5.41) is 13.1.